The number of ether oxygens (including phenoxy) is 2. The lowest BCUT2D eigenvalue weighted by atomic mass is 10.2. The van der Waals surface area contributed by atoms with E-state index in [1.807, 2.05) is 0 Å². The quantitative estimate of drug-likeness (QED) is 0.175. The summed E-state index contributed by atoms with van der Waals surface area (Å²) in [5.74, 6) is 0.982. The van der Waals surface area contributed by atoms with Gasteiger partial charge in [0.05, 0.1) is 6.61 Å². The minimum atomic E-state index is -2.91. The van der Waals surface area contributed by atoms with E-state index in [1.165, 1.54) is 0 Å². The first-order valence-corrected chi connectivity index (χ1v) is 9.91. The molecular formula is C20H35F2IN4O2. The molecular weight excluding hydrogens is 493 g/mol. The minimum Gasteiger partial charge on any atom is -0.490 e. The highest BCUT2D eigenvalue weighted by Crippen LogP contribution is 2.32. The molecule has 1 rings (SSSR count). The fourth-order valence-electron chi connectivity index (χ4n) is 2.80. The summed E-state index contributed by atoms with van der Waals surface area (Å²) in [6.07, 6.45) is 2.13. The molecule has 0 saturated heterocycles. The van der Waals surface area contributed by atoms with E-state index in [0.29, 0.717) is 30.4 Å². The number of benzene rings is 1. The number of rotatable bonds is 13. The second-order valence-electron chi connectivity index (χ2n) is 6.14. The average Bonchev–Trinajstić information content (AvgIpc) is 2.68. The van der Waals surface area contributed by atoms with Gasteiger partial charge in [0.25, 0.3) is 0 Å². The Bertz CT molecular complexity index is 588. The van der Waals surface area contributed by atoms with E-state index in [4.69, 9.17) is 4.74 Å². The monoisotopic (exact) mass is 528 g/mol. The summed E-state index contributed by atoms with van der Waals surface area (Å²) in [5, 5.41) is 6.39. The van der Waals surface area contributed by atoms with Crippen LogP contribution in [0.1, 0.15) is 39.2 Å². The predicted molar refractivity (Wildman–Crippen MR) is 125 cm³/mol. The lowest BCUT2D eigenvalue weighted by molar-refractivity contribution is -0.0520. The third kappa shape index (κ3) is 10.8. The molecule has 0 amide bonds. The van der Waals surface area contributed by atoms with Crippen LogP contribution in [0.5, 0.6) is 11.5 Å². The highest BCUT2D eigenvalue weighted by molar-refractivity contribution is 14.0. The molecule has 0 aliphatic heterocycles. The Hall–Kier alpha value is -1.36. The van der Waals surface area contributed by atoms with Crippen molar-refractivity contribution >= 4 is 29.9 Å². The Labute approximate surface area is 190 Å². The molecule has 0 aromatic heterocycles. The van der Waals surface area contributed by atoms with Crippen LogP contribution >= 0.6 is 24.0 Å². The zero-order chi connectivity index (χ0) is 20.8. The zero-order valence-electron chi connectivity index (χ0n) is 17.8. The molecule has 0 unspecified atom stereocenters. The average molecular weight is 528 g/mol. The van der Waals surface area contributed by atoms with Crippen LogP contribution in [0.25, 0.3) is 0 Å². The standard InChI is InChI=1S/C20H34F2N4O2.HI/c1-5-26(6-2)14-9-8-13-24-20(23-4)25-15-16-11-10-12-17(27-7-3)18(16)28-19(21)22;/h10-12,19H,5-9,13-15H2,1-4H3,(H2,23,24,25);1H. The normalized spacial score (nSPS) is 11.4. The molecule has 0 spiro atoms. The first kappa shape index (κ1) is 27.6. The van der Waals surface area contributed by atoms with Gasteiger partial charge in [-0.05, 0) is 45.5 Å². The van der Waals surface area contributed by atoms with E-state index in [0.717, 1.165) is 39.0 Å². The molecule has 0 fully saturated rings. The number of nitrogens with one attached hydrogen (secondary N) is 2. The van der Waals surface area contributed by atoms with Crippen molar-refractivity contribution < 1.29 is 18.3 Å². The first-order chi connectivity index (χ1) is 13.5. The van der Waals surface area contributed by atoms with Gasteiger partial charge in [-0.1, -0.05) is 26.0 Å². The molecule has 0 aliphatic rings. The summed E-state index contributed by atoms with van der Waals surface area (Å²) in [5.41, 5.74) is 0.579. The molecule has 29 heavy (non-hydrogen) atoms. The van der Waals surface area contributed by atoms with Crippen LogP contribution in [0, 0.1) is 0 Å². The van der Waals surface area contributed by atoms with Crippen molar-refractivity contribution in [2.75, 3.05) is 39.8 Å². The van der Waals surface area contributed by atoms with E-state index >= 15 is 0 Å². The highest BCUT2D eigenvalue weighted by atomic mass is 127. The molecule has 0 saturated carbocycles. The molecule has 0 bridgehead atoms. The third-order valence-corrected chi connectivity index (χ3v) is 4.33. The summed E-state index contributed by atoms with van der Waals surface area (Å²) in [6, 6.07) is 5.10. The Morgan fingerprint density at radius 1 is 1.14 bits per heavy atom. The Balaban J connectivity index is 0.00000784. The van der Waals surface area contributed by atoms with Crippen LogP contribution in [0.2, 0.25) is 0 Å². The molecule has 168 valence electrons. The van der Waals surface area contributed by atoms with Gasteiger partial charge in [0.1, 0.15) is 0 Å². The van der Waals surface area contributed by atoms with Crippen LogP contribution in [-0.4, -0.2) is 57.3 Å². The minimum absolute atomic E-state index is 0. The number of hydrogen-bond acceptors (Lipinski definition) is 4. The smallest absolute Gasteiger partial charge is 0.387 e. The van der Waals surface area contributed by atoms with Crippen molar-refractivity contribution in [1.82, 2.24) is 15.5 Å². The largest absolute Gasteiger partial charge is 0.490 e. The molecule has 0 heterocycles. The van der Waals surface area contributed by atoms with Crippen molar-refractivity contribution in [3.8, 4) is 11.5 Å². The van der Waals surface area contributed by atoms with Gasteiger partial charge < -0.3 is 25.0 Å². The molecule has 6 nitrogen and oxygen atoms in total. The number of halogens is 3. The number of nitrogens with zero attached hydrogens (tertiary/aromatic N) is 2. The van der Waals surface area contributed by atoms with E-state index in [1.54, 1.807) is 32.2 Å². The zero-order valence-corrected chi connectivity index (χ0v) is 20.2. The maximum atomic E-state index is 12.8. The van der Waals surface area contributed by atoms with Gasteiger partial charge in [-0.15, -0.1) is 24.0 Å². The molecule has 9 heteroatoms. The lowest BCUT2D eigenvalue weighted by Crippen LogP contribution is -2.37. The van der Waals surface area contributed by atoms with E-state index < -0.39 is 6.61 Å². The van der Waals surface area contributed by atoms with Gasteiger partial charge in [-0.25, -0.2) is 0 Å². The van der Waals surface area contributed by atoms with Crippen LogP contribution in [0.3, 0.4) is 0 Å². The number of aliphatic imine (C=N–C) groups is 1. The summed E-state index contributed by atoms with van der Waals surface area (Å²) in [6.45, 7) is 7.88. The lowest BCUT2D eigenvalue weighted by Gasteiger charge is -2.18. The molecule has 1 aromatic carbocycles. The highest BCUT2D eigenvalue weighted by Gasteiger charge is 2.16. The van der Waals surface area contributed by atoms with Gasteiger partial charge in [-0.2, -0.15) is 8.78 Å². The maximum absolute atomic E-state index is 12.8. The first-order valence-electron chi connectivity index (χ1n) is 9.91. The molecule has 0 atom stereocenters. The van der Waals surface area contributed by atoms with Gasteiger partial charge >= 0.3 is 6.61 Å². The number of alkyl halides is 2. The number of guanidine groups is 1. The maximum Gasteiger partial charge on any atom is 0.387 e. The van der Waals surface area contributed by atoms with Gasteiger partial charge in [0.15, 0.2) is 17.5 Å². The van der Waals surface area contributed by atoms with Crippen LogP contribution in [0.4, 0.5) is 8.78 Å². The third-order valence-electron chi connectivity index (χ3n) is 4.33. The van der Waals surface area contributed by atoms with Gasteiger partial charge in [0, 0.05) is 25.7 Å². The van der Waals surface area contributed by atoms with E-state index in [-0.39, 0.29) is 29.7 Å². The van der Waals surface area contributed by atoms with Crippen molar-refractivity contribution in [3.63, 3.8) is 0 Å². The van der Waals surface area contributed by atoms with Crippen LogP contribution in [0.15, 0.2) is 23.2 Å². The Morgan fingerprint density at radius 3 is 2.45 bits per heavy atom. The van der Waals surface area contributed by atoms with Crippen molar-refractivity contribution in [2.45, 2.75) is 46.8 Å². The molecule has 0 aliphatic carbocycles. The van der Waals surface area contributed by atoms with Crippen LogP contribution in [-0.2, 0) is 6.54 Å². The van der Waals surface area contributed by atoms with Crippen LogP contribution < -0.4 is 20.1 Å². The van der Waals surface area contributed by atoms with Crippen molar-refractivity contribution in [2.24, 2.45) is 4.99 Å². The number of para-hydroxylation sites is 1. The summed E-state index contributed by atoms with van der Waals surface area (Å²) < 4.78 is 35.7. The fourth-order valence-corrected chi connectivity index (χ4v) is 2.80. The van der Waals surface area contributed by atoms with Crippen molar-refractivity contribution in [1.29, 1.82) is 0 Å². The molecule has 2 N–H and O–H groups in total. The van der Waals surface area contributed by atoms with Gasteiger partial charge in [0.2, 0.25) is 0 Å². The number of hydrogen-bond donors (Lipinski definition) is 2. The van der Waals surface area contributed by atoms with E-state index in [2.05, 4.69) is 39.1 Å². The Kier molecular flexibility index (Phi) is 15.7. The molecule has 1 aromatic rings. The second-order valence-corrected chi connectivity index (χ2v) is 6.14. The second kappa shape index (κ2) is 16.4. The summed E-state index contributed by atoms with van der Waals surface area (Å²) in [4.78, 5) is 6.57. The predicted octanol–water partition coefficient (Wildman–Crippen LogP) is 4.09. The Morgan fingerprint density at radius 2 is 1.86 bits per heavy atom. The topological polar surface area (TPSA) is 58.1 Å². The molecule has 0 radical (unpaired) electrons. The SMILES string of the molecule is CCOc1cccc(CNC(=NC)NCCCCN(CC)CC)c1OC(F)F.I. The van der Waals surface area contributed by atoms with E-state index in [9.17, 15) is 8.78 Å². The van der Waals surface area contributed by atoms with Gasteiger partial charge in [-0.3, -0.25) is 4.99 Å². The number of unbranched alkanes of at least 4 members (excludes halogenated alkanes) is 1. The fraction of sp³-hybridized carbons (Fsp3) is 0.650. The summed E-state index contributed by atoms with van der Waals surface area (Å²) in [7, 11) is 1.68. The summed E-state index contributed by atoms with van der Waals surface area (Å²) >= 11 is 0. The van der Waals surface area contributed by atoms with Crippen molar-refractivity contribution in [3.05, 3.63) is 23.8 Å².